The second-order valence-corrected chi connectivity index (χ2v) is 3.71. The molecule has 1 atom stereocenters. The van der Waals surface area contributed by atoms with E-state index in [9.17, 15) is 18.7 Å². The van der Waals surface area contributed by atoms with Crippen molar-refractivity contribution < 1.29 is 23.4 Å². The molecule has 0 aliphatic rings. The zero-order valence-electron chi connectivity index (χ0n) is 9.95. The summed E-state index contributed by atoms with van der Waals surface area (Å²) in [6.45, 7) is 0.381. The Morgan fingerprint density at radius 1 is 1.50 bits per heavy atom. The predicted octanol–water partition coefficient (Wildman–Crippen LogP) is 1.15. The maximum absolute atomic E-state index is 13.3. The van der Waals surface area contributed by atoms with Gasteiger partial charge in [-0.2, -0.15) is 0 Å². The molecule has 0 heterocycles. The minimum atomic E-state index is -1.09. The number of hydrogen-bond acceptors (Lipinski definition) is 4. The highest BCUT2D eigenvalue weighted by Gasteiger charge is 2.13. The summed E-state index contributed by atoms with van der Waals surface area (Å²) in [7, 11) is 1.28. The van der Waals surface area contributed by atoms with E-state index in [0.29, 0.717) is 12.6 Å². The van der Waals surface area contributed by atoms with Crippen molar-refractivity contribution in [3.63, 3.8) is 0 Å². The molecule has 6 heteroatoms. The largest absolute Gasteiger partial charge is 0.469 e. The van der Waals surface area contributed by atoms with Gasteiger partial charge in [0.25, 0.3) is 0 Å². The van der Waals surface area contributed by atoms with Crippen molar-refractivity contribution in [1.29, 1.82) is 0 Å². The zero-order chi connectivity index (χ0) is 13.5. The topological polar surface area (TPSA) is 58.6 Å². The molecule has 0 amide bonds. The predicted molar refractivity (Wildman–Crippen MR) is 60.8 cm³/mol. The van der Waals surface area contributed by atoms with Gasteiger partial charge in [-0.15, -0.1) is 0 Å². The average Bonchev–Trinajstić information content (AvgIpc) is 2.34. The summed E-state index contributed by atoms with van der Waals surface area (Å²) < 4.78 is 30.4. The van der Waals surface area contributed by atoms with E-state index in [1.165, 1.54) is 13.2 Å². The van der Waals surface area contributed by atoms with Gasteiger partial charge in [0, 0.05) is 24.7 Å². The van der Waals surface area contributed by atoms with Crippen LogP contribution in [-0.2, 0) is 9.53 Å². The fourth-order valence-electron chi connectivity index (χ4n) is 1.41. The molecule has 0 fully saturated rings. The van der Waals surface area contributed by atoms with Crippen molar-refractivity contribution in [2.24, 2.45) is 0 Å². The van der Waals surface area contributed by atoms with E-state index in [-0.39, 0.29) is 24.5 Å². The fraction of sp³-hybridized carbons (Fsp3) is 0.417. The molecule has 1 aromatic rings. The van der Waals surface area contributed by atoms with E-state index in [0.717, 1.165) is 6.07 Å². The minimum Gasteiger partial charge on any atom is -0.469 e. The third-order valence-corrected chi connectivity index (χ3v) is 2.39. The highest BCUT2D eigenvalue weighted by atomic mass is 19.1. The number of benzene rings is 1. The van der Waals surface area contributed by atoms with Crippen molar-refractivity contribution in [3.8, 4) is 0 Å². The molecule has 0 saturated carbocycles. The van der Waals surface area contributed by atoms with E-state index < -0.39 is 17.7 Å². The van der Waals surface area contributed by atoms with Crippen molar-refractivity contribution in [2.75, 3.05) is 20.2 Å². The molecule has 0 aliphatic heterocycles. The van der Waals surface area contributed by atoms with E-state index >= 15 is 0 Å². The van der Waals surface area contributed by atoms with Crippen LogP contribution < -0.4 is 5.32 Å². The lowest BCUT2D eigenvalue weighted by Gasteiger charge is -2.12. The molecule has 1 rings (SSSR count). The van der Waals surface area contributed by atoms with Crippen LogP contribution in [0.5, 0.6) is 0 Å². The van der Waals surface area contributed by atoms with Gasteiger partial charge in [-0.05, 0) is 6.07 Å². The molecule has 1 unspecified atom stereocenters. The quantitative estimate of drug-likeness (QED) is 0.594. The molecule has 18 heavy (non-hydrogen) atoms. The van der Waals surface area contributed by atoms with Gasteiger partial charge in [-0.3, -0.25) is 4.79 Å². The van der Waals surface area contributed by atoms with Crippen LogP contribution in [0.2, 0.25) is 0 Å². The zero-order valence-corrected chi connectivity index (χ0v) is 9.95. The molecular weight excluding hydrogens is 244 g/mol. The molecule has 0 saturated heterocycles. The first-order valence-corrected chi connectivity index (χ1v) is 5.45. The summed E-state index contributed by atoms with van der Waals surface area (Å²) in [6.07, 6.45) is -0.932. The normalized spacial score (nSPS) is 12.2. The molecule has 0 aliphatic carbocycles. The first-order chi connectivity index (χ1) is 8.54. The second kappa shape index (κ2) is 7.03. The van der Waals surface area contributed by atoms with E-state index in [2.05, 4.69) is 10.1 Å². The number of nitrogens with one attached hydrogen (secondary N) is 1. The summed E-state index contributed by atoms with van der Waals surface area (Å²) in [5, 5.41) is 12.5. The number of halogens is 2. The van der Waals surface area contributed by atoms with Crippen LogP contribution in [0, 0.1) is 11.6 Å². The SMILES string of the molecule is COC(=O)CCNCC(O)c1ccc(F)cc1F. The Labute approximate surface area is 104 Å². The van der Waals surface area contributed by atoms with Crippen LogP contribution in [0.15, 0.2) is 18.2 Å². The minimum absolute atomic E-state index is 0.0157. The van der Waals surface area contributed by atoms with Crippen molar-refractivity contribution in [1.82, 2.24) is 5.32 Å². The highest BCUT2D eigenvalue weighted by molar-refractivity contribution is 5.69. The number of aliphatic hydroxyl groups excluding tert-OH is 1. The van der Waals surface area contributed by atoms with Gasteiger partial charge in [-0.25, -0.2) is 8.78 Å². The Balaban J connectivity index is 2.40. The number of esters is 1. The number of methoxy groups -OCH3 is 1. The summed E-state index contributed by atoms with van der Waals surface area (Å²) in [5.74, 6) is -1.86. The van der Waals surface area contributed by atoms with Gasteiger partial charge in [-0.1, -0.05) is 6.07 Å². The number of carbonyl (C=O) groups excluding carboxylic acids is 1. The summed E-state index contributed by atoms with van der Waals surface area (Å²) >= 11 is 0. The molecule has 2 N–H and O–H groups in total. The Morgan fingerprint density at radius 3 is 2.83 bits per heavy atom. The maximum atomic E-state index is 13.3. The molecule has 0 bridgehead atoms. The van der Waals surface area contributed by atoms with Gasteiger partial charge in [0.15, 0.2) is 0 Å². The monoisotopic (exact) mass is 259 g/mol. The number of aliphatic hydroxyl groups is 1. The first-order valence-electron chi connectivity index (χ1n) is 5.45. The van der Waals surface area contributed by atoms with Crippen LogP contribution in [0.1, 0.15) is 18.1 Å². The fourth-order valence-corrected chi connectivity index (χ4v) is 1.41. The van der Waals surface area contributed by atoms with Gasteiger partial charge in [0.2, 0.25) is 0 Å². The van der Waals surface area contributed by atoms with E-state index in [1.807, 2.05) is 0 Å². The van der Waals surface area contributed by atoms with Gasteiger partial charge < -0.3 is 15.2 Å². The van der Waals surface area contributed by atoms with Crippen molar-refractivity contribution >= 4 is 5.97 Å². The molecule has 0 aromatic heterocycles. The average molecular weight is 259 g/mol. The maximum Gasteiger partial charge on any atom is 0.306 e. The van der Waals surface area contributed by atoms with E-state index in [1.54, 1.807) is 0 Å². The number of rotatable bonds is 6. The highest BCUT2D eigenvalue weighted by Crippen LogP contribution is 2.17. The lowest BCUT2D eigenvalue weighted by molar-refractivity contribution is -0.140. The smallest absolute Gasteiger partial charge is 0.306 e. The van der Waals surface area contributed by atoms with Gasteiger partial charge in [0.1, 0.15) is 11.6 Å². The molecule has 0 radical (unpaired) electrons. The molecule has 0 spiro atoms. The van der Waals surface area contributed by atoms with Gasteiger partial charge >= 0.3 is 5.97 Å². The third-order valence-electron chi connectivity index (χ3n) is 2.39. The number of ether oxygens (including phenoxy) is 1. The molecule has 1 aromatic carbocycles. The Morgan fingerprint density at radius 2 is 2.22 bits per heavy atom. The third kappa shape index (κ3) is 4.38. The first kappa shape index (κ1) is 14.5. The Bertz CT molecular complexity index is 412. The van der Waals surface area contributed by atoms with Crippen LogP contribution in [-0.4, -0.2) is 31.3 Å². The Hall–Kier alpha value is -1.53. The number of hydrogen-bond donors (Lipinski definition) is 2. The van der Waals surface area contributed by atoms with Crippen LogP contribution in [0.4, 0.5) is 8.78 Å². The van der Waals surface area contributed by atoms with Crippen LogP contribution >= 0.6 is 0 Å². The lowest BCUT2D eigenvalue weighted by Crippen LogP contribution is -2.25. The lowest BCUT2D eigenvalue weighted by atomic mass is 10.1. The van der Waals surface area contributed by atoms with E-state index in [4.69, 9.17) is 0 Å². The van der Waals surface area contributed by atoms with Crippen LogP contribution in [0.3, 0.4) is 0 Å². The van der Waals surface area contributed by atoms with Crippen LogP contribution in [0.25, 0.3) is 0 Å². The second-order valence-electron chi connectivity index (χ2n) is 3.71. The summed E-state index contributed by atoms with van der Waals surface area (Å²) in [4.78, 5) is 10.8. The summed E-state index contributed by atoms with van der Waals surface area (Å²) in [5.41, 5.74) is 0.0157. The van der Waals surface area contributed by atoms with Gasteiger partial charge in [0.05, 0.1) is 19.6 Å². The molecule has 100 valence electrons. The Kier molecular flexibility index (Phi) is 5.67. The van der Waals surface area contributed by atoms with Crippen molar-refractivity contribution in [3.05, 3.63) is 35.4 Å². The number of carbonyl (C=O) groups is 1. The molecule has 4 nitrogen and oxygen atoms in total. The van der Waals surface area contributed by atoms with Crippen molar-refractivity contribution in [2.45, 2.75) is 12.5 Å². The summed E-state index contributed by atoms with van der Waals surface area (Å²) in [6, 6.07) is 2.99. The molecular formula is C12H15F2NO3. The standard InChI is InChI=1S/C12H15F2NO3/c1-18-12(17)4-5-15-7-11(16)9-3-2-8(13)6-10(9)14/h2-3,6,11,15-16H,4-5,7H2,1H3.